The van der Waals surface area contributed by atoms with Gasteiger partial charge in [0.25, 0.3) is 11.1 Å². The molecule has 7 heteroatoms. The first-order valence-corrected chi connectivity index (χ1v) is 11.6. The summed E-state index contributed by atoms with van der Waals surface area (Å²) in [6.07, 6.45) is 1.72. The quantitative estimate of drug-likeness (QED) is 0.293. The number of hydrogen-bond donors (Lipinski definition) is 0. The minimum Gasteiger partial charge on any atom is -0.269 e. The van der Waals surface area contributed by atoms with Crippen LogP contribution in [0.1, 0.15) is 22.4 Å². The van der Waals surface area contributed by atoms with Crippen LogP contribution in [0, 0.1) is 20.8 Å². The van der Waals surface area contributed by atoms with Crippen molar-refractivity contribution in [2.45, 2.75) is 31.7 Å². The van der Waals surface area contributed by atoms with Crippen molar-refractivity contribution in [3.05, 3.63) is 110 Å². The van der Waals surface area contributed by atoms with E-state index < -0.39 is 0 Å². The Hall–Kier alpha value is -3.71. The number of para-hydroxylation sites is 1. The van der Waals surface area contributed by atoms with Crippen LogP contribution in [0.2, 0.25) is 0 Å². The molecule has 3 heterocycles. The number of nitrogens with zero attached hydrogens (tertiary/aromatic N) is 4. The lowest BCUT2D eigenvalue weighted by atomic mass is 10.1. The molecule has 0 radical (unpaired) electrons. The largest absolute Gasteiger partial charge is 0.269 e. The summed E-state index contributed by atoms with van der Waals surface area (Å²) in [4.78, 5) is 35.7. The summed E-state index contributed by atoms with van der Waals surface area (Å²) in [5, 5.41) is 1.14. The number of benzene rings is 2. The van der Waals surface area contributed by atoms with Gasteiger partial charge in [-0.1, -0.05) is 42.1 Å². The Morgan fingerprint density at radius 1 is 0.879 bits per heavy atom. The van der Waals surface area contributed by atoms with Gasteiger partial charge in [-0.05, 0) is 61.7 Å². The molecule has 5 aromatic rings. The SMILES string of the molecule is Cc1cccc(-n2c(SCc3cc(=O)n4cccc(C)c4n3)nc3ccccc3c2=O)c1C. The number of pyridine rings is 1. The van der Waals surface area contributed by atoms with Crippen molar-refractivity contribution in [1.29, 1.82) is 0 Å². The molecule has 0 spiro atoms. The van der Waals surface area contributed by atoms with Gasteiger partial charge in [0.15, 0.2) is 5.16 Å². The zero-order chi connectivity index (χ0) is 23.1. The van der Waals surface area contributed by atoms with Gasteiger partial charge in [-0.25, -0.2) is 9.97 Å². The third kappa shape index (κ3) is 3.74. The van der Waals surface area contributed by atoms with E-state index in [4.69, 9.17) is 9.97 Å². The maximum absolute atomic E-state index is 13.5. The Morgan fingerprint density at radius 3 is 2.52 bits per heavy atom. The molecule has 0 atom stereocenters. The van der Waals surface area contributed by atoms with Crippen molar-refractivity contribution in [3.63, 3.8) is 0 Å². The van der Waals surface area contributed by atoms with Crippen molar-refractivity contribution in [1.82, 2.24) is 18.9 Å². The van der Waals surface area contributed by atoms with E-state index in [0.29, 0.717) is 33.2 Å². The van der Waals surface area contributed by atoms with Gasteiger partial charge in [-0.3, -0.25) is 18.6 Å². The van der Waals surface area contributed by atoms with Crippen molar-refractivity contribution < 1.29 is 0 Å². The maximum Gasteiger partial charge on any atom is 0.266 e. The number of thioether (sulfide) groups is 1. The zero-order valence-corrected chi connectivity index (χ0v) is 19.4. The van der Waals surface area contributed by atoms with E-state index in [1.807, 2.05) is 69.3 Å². The van der Waals surface area contributed by atoms with Crippen molar-refractivity contribution in [2.24, 2.45) is 0 Å². The van der Waals surface area contributed by atoms with E-state index in [9.17, 15) is 9.59 Å². The third-order valence-electron chi connectivity index (χ3n) is 5.85. The molecular weight excluding hydrogens is 432 g/mol. The van der Waals surface area contributed by atoms with Gasteiger partial charge in [0.05, 0.1) is 22.3 Å². The van der Waals surface area contributed by atoms with Crippen LogP contribution in [0.5, 0.6) is 0 Å². The van der Waals surface area contributed by atoms with Crippen LogP contribution >= 0.6 is 11.8 Å². The summed E-state index contributed by atoms with van der Waals surface area (Å²) < 4.78 is 3.22. The first kappa shape index (κ1) is 21.2. The van der Waals surface area contributed by atoms with E-state index in [1.54, 1.807) is 27.3 Å². The number of rotatable bonds is 4. The second-order valence-electron chi connectivity index (χ2n) is 8.03. The van der Waals surface area contributed by atoms with Crippen LogP contribution in [-0.4, -0.2) is 18.9 Å². The molecule has 0 saturated carbocycles. The molecule has 5 rings (SSSR count). The maximum atomic E-state index is 13.5. The average molecular weight is 455 g/mol. The monoisotopic (exact) mass is 454 g/mol. The molecule has 0 amide bonds. The van der Waals surface area contributed by atoms with Gasteiger partial charge in [-0.15, -0.1) is 0 Å². The van der Waals surface area contributed by atoms with Gasteiger partial charge in [0.2, 0.25) is 0 Å². The molecule has 0 aliphatic rings. The van der Waals surface area contributed by atoms with Crippen LogP contribution in [0.4, 0.5) is 0 Å². The molecular formula is C26H22N4O2S. The highest BCUT2D eigenvalue weighted by molar-refractivity contribution is 7.98. The molecule has 0 unspecified atom stereocenters. The van der Waals surface area contributed by atoms with Gasteiger partial charge in [0.1, 0.15) is 5.65 Å². The fraction of sp³-hybridized carbons (Fsp3) is 0.154. The number of fused-ring (bicyclic) bond motifs is 2. The molecule has 33 heavy (non-hydrogen) atoms. The van der Waals surface area contributed by atoms with E-state index in [2.05, 4.69) is 0 Å². The summed E-state index contributed by atoms with van der Waals surface area (Å²) >= 11 is 1.40. The van der Waals surface area contributed by atoms with E-state index >= 15 is 0 Å². The fourth-order valence-electron chi connectivity index (χ4n) is 3.92. The molecule has 164 valence electrons. The van der Waals surface area contributed by atoms with Gasteiger partial charge in [-0.2, -0.15) is 0 Å². The average Bonchev–Trinajstić information content (AvgIpc) is 2.81. The summed E-state index contributed by atoms with van der Waals surface area (Å²) in [5.41, 5.74) is 5.55. The predicted molar refractivity (Wildman–Crippen MR) is 133 cm³/mol. The molecule has 0 aliphatic carbocycles. The molecule has 0 N–H and O–H groups in total. The Balaban J connectivity index is 1.65. The lowest BCUT2D eigenvalue weighted by Crippen LogP contribution is -2.23. The number of aromatic nitrogens is 4. The lowest BCUT2D eigenvalue weighted by molar-refractivity contribution is 0.812. The molecule has 6 nitrogen and oxygen atoms in total. The normalized spacial score (nSPS) is 11.4. The highest BCUT2D eigenvalue weighted by Gasteiger charge is 2.16. The smallest absolute Gasteiger partial charge is 0.266 e. The number of aryl methyl sites for hydroxylation is 2. The van der Waals surface area contributed by atoms with Crippen LogP contribution in [0.3, 0.4) is 0 Å². The summed E-state index contributed by atoms with van der Waals surface area (Å²) in [6, 6.07) is 18.6. The highest BCUT2D eigenvalue weighted by Crippen LogP contribution is 2.26. The second kappa shape index (κ2) is 8.33. The Labute approximate surface area is 194 Å². The molecule has 2 aromatic carbocycles. The first-order valence-electron chi connectivity index (χ1n) is 10.6. The molecule has 0 bridgehead atoms. The van der Waals surface area contributed by atoms with Crippen LogP contribution in [-0.2, 0) is 5.75 Å². The second-order valence-corrected chi connectivity index (χ2v) is 8.97. The van der Waals surface area contributed by atoms with Crippen LogP contribution in [0.25, 0.3) is 22.2 Å². The predicted octanol–water partition coefficient (Wildman–Crippen LogP) is 4.61. The third-order valence-corrected chi connectivity index (χ3v) is 6.82. The first-order chi connectivity index (χ1) is 15.9. The Kier molecular flexibility index (Phi) is 5.34. The summed E-state index contributed by atoms with van der Waals surface area (Å²) in [7, 11) is 0. The molecule has 3 aromatic heterocycles. The minimum absolute atomic E-state index is 0.112. The molecule has 0 fully saturated rings. The zero-order valence-electron chi connectivity index (χ0n) is 18.6. The summed E-state index contributed by atoms with van der Waals surface area (Å²) in [6.45, 7) is 5.97. The minimum atomic E-state index is -0.127. The Morgan fingerprint density at radius 2 is 1.67 bits per heavy atom. The van der Waals surface area contributed by atoms with Gasteiger partial charge < -0.3 is 0 Å². The fourth-order valence-corrected chi connectivity index (χ4v) is 4.82. The van der Waals surface area contributed by atoms with Gasteiger partial charge in [0, 0.05) is 18.0 Å². The van der Waals surface area contributed by atoms with E-state index in [1.165, 1.54) is 11.8 Å². The standard InChI is InChI=1S/C26H22N4O2S/c1-16-8-6-12-22(18(16)3)30-25(32)20-10-4-5-11-21(20)28-26(30)33-15-19-14-23(31)29-13-7-9-17(2)24(29)27-19/h4-14H,15H2,1-3H3. The van der Waals surface area contributed by atoms with Crippen LogP contribution < -0.4 is 11.1 Å². The van der Waals surface area contributed by atoms with Crippen molar-refractivity contribution in [3.8, 4) is 5.69 Å². The van der Waals surface area contributed by atoms with E-state index in [0.717, 1.165) is 22.4 Å². The lowest BCUT2D eigenvalue weighted by Gasteiger charge is -2.16. The number of hydrogen-bond acceptors (Lipinski definition) is 5. The summed E-state index contributed by atoms with van der Waals surface area (Å²) in [5.74, 6) is 0.412. The molecule has 0 aliphatic heterocycles. The van der Waals surface area contributed by atoms with Gasteiger partial charge >= 0.3 is 0 Å². The van der Waals surface area contributed by atoms with Crippen LogP contribution in [0.15, 0.2) is 81.6 Å². The molecule has 0 saturated heterocycles. The van der Waals surface area contributed by atoms with Crippen molar-refractivity contribution >= 4 is 28.3 Å². The Bertz CT molecular complexity index is 1650. The van der Waals surface area contributed by atoms with Crippen molar-refractivity contribution in [2.75, 3.05) is 0 Å². The highest BCUT2D eigenvalue weighted by atomic mass is 32.2. The van der Waals surface area contributed by atoms with E-state index in [-0.39, 0.29) is 11.1 Å². The topological polar surface area (TPSA) is 69.3 Å².